The van der Waals surface area contributed by atoms with E-state index >= 15 is 0 Å². The van der Waals surface area contributed by atoms with Crippen molar-refractivity contribution in [3.8, 4) is 0 Å². The Labute approximate surface area is 154 Å². The molecule has 0 radical (unpaired) electrons. The molecule has 0 N–H and O–H groups in total. The molecule has 0 spiro atoms. The zero-order valence-corrected chi connectivity index (χ0v) is 15.4. The Kier molecular flexibility index (Phi) is 6.60. The van der Waals surface area contributed by atoms with Crippen LogP contribution in [0.15, 0.2) is 24.3 Å². The summed E-state index contributed by atoms with van der Waals surface area (Å²) >= 11 is 0. The van der Waals surface area contributed by atoms with E-state index in [-0.39, 0.29) is 11.8 Å². The van der Waals surface area contributed by atoms with Crippen LogP contribution < -0.4 is 0 Å². The van der Waals surface area contributed by atoms with Crippen molar-refractivity contribution >= 4 is 11.8 Å². The second kappa shape index (κ2) is 9.12. The fourth-order valence-corrected chi connectivity index (χ4v) is 3.35. The molecule has 0 aromatic heterocycles. The first-order chi connectivity index (χ1) is 12.7. The third-order valence-corrected chi connectivity index (χ3v) is 4.87. The summed E-state index contributed by atoms with van der Waals surface area (Å²) in [6.45, 7) is 6.25. The summed E-state index contributed by atoms with van der Waals surface area (Å²) in [5.74, 6) is 0.157. The lowest BCUT2D eigenvalue weighted by Gasteiger charge is -2.36. The van der Waals surface area contributed by atoms with E-state index in [0.717, 1.165) is 18.7 Å². The summed E-state index contributed by atoms with van der Waals surface area (Å²) in [4.78, 5) is 31.0. The van der Waals surface area contributed by atoms with E-state index in [2.05, 4.69) is 4.90 Å². The van der Waals surface area contributed by atoms with Crippen molar-refractivity contribution in [1.29, 1.82) is 0 Å². The number of hydrogen-bond acceptors (Lipinski definition) is 5. The molecule has 1 aromatic carbocycles. The van der Waals surface area contributed by atoms with Gasteiger partial charge in [0.1, 0.15) is 0 Å². The average molecular weight is 361 g/mol. The normalized spacial score (nSPS) is 18.8. The number of hydrogen-bond donors (Lipinski definition) is 0. The summed E-state index contributed by atoms with van der Waals surface area (Å²) in [6.07, 6.45) is 0. The van der Waals surface area contributed by atoms with Gasteiger partial charge in [-0.25, -0.2) is 0 Å². The maximum Gasteiger partial charge on any atom is 0.253 e. The minimum absolute atomic E-state index is 0.0169. The predicted molar refractivity (Wildman–Crippen MR) is 96.9 cm³/mol. The second-order valence-corrected chi connectivity index (χ2v) is 6.69. The van der Waals surface area contributed by atoms with Gasteiger partial charge in [0, 0.05) is 51.9 Å². The van der Waals surface area contributed by atoms with E-state index in [1.807, 2.05) is 34.1 Å². The first kappa shape index (κ1) is 18.8. The fraction of sp³-hybridized carbons (Fsp3) is 0.579. The molecule has 0 aliphatic carbocycles. The van der Waals surface area contributed by atoms with Crippen LogP contribution in [0.5, 0.6) is 0 Å². The maximum absolute atomic E-state index is 12.7. The van der Waals surface area contributed by atoms with Gasteiger partial charge >= 0.3 is 0 Å². The molecule has 0 saturated carbocycles. The number of morpholine rings is 1. The SMILES string of the molecule is COCc1cccc(C(=O)N2CCN(C(=O)CN3CCOCC3)CC2)c1. The van der Waals surface area contributed by atoms with Crippen molar-refractivity contribution in [2.24, 2.45) is 0 Å². The topological polar surface area (TPSA) is 62.3 Å². The van der Waals surface area contributed by atoms with Gasteiger partial charge in [0.25, 0.3) is 5.91 Å². The molecule has 0 bridgehead atoms. The number of benzene rings is 1. The van der Waals surface area contributed by atoms with Crippen LogP contribution in [-0.2, 0) is 20.9 Å². The quantitative estimate of drug-likeness (QED) is 0.762. The molecule has 2 fully saturated rings. The molecule has 2 heterocycles. The molecule has 142 valence electrons. The number of carbonyl (C=O) groups is 2. The minimum atomic E-state index is 0.0169. The van der Waals surface area contributed by atoms with E-state index in [0.29, 0.717) is 58.1 Å². The summed E-state index contributed by atoms with van der Waals surface area (Å²) in [5.41, 5.74) is 1.66. The Morgan fingerprint density at radius 3 is 2.42 bits per heavy atom. The van der Waals surface area contributed by atoms with E-state index in [1.165, 1.54) is 0 Å². The number of methoxy groups -OCH3 is 1. The Hall–Kier alpha value is -1.96. The lowest BCUT2D eigenvalue weighted by atomic mass is 10.1. The second-order valence-electron chi connectivity index (χ2n) is 6.69. The van der Waals surface area contributed by atoms with E-state index in [9.17, 15) is 9.59 Å². The van der Waals surface area contributed by atoms with Gasteiger partial charge in [0.05, 0.1) is 26.4 Å². The largest absolute Gasteiger partial charge is 0.380 e. The lowest BCUT2D eigenvalue weighted by molar-refractivity contribution is -0.134. The molecule has 3 rings (SSSR count). The van der Waals surface area contributed by atoms with Crippen LogP contribution in [0.4, 0.5) is 0 Å². The highest BCUT2D eigenvalue weighted by Gasteiger charge is 2.26. The van der Waals surface area contributed by atoms with Crippen LogP contribution in [0.1, 0.15) is 15.9 Å². The highest BCUT2D eigenvalue weighted by molar-refractivity contribution is 5.94. The molecule has 2 saturated heterocycles. The lowest BCUT2D eigenvalue weighted by Crippen LogP contribution is -2.53. The monoisotopic (exact) mass is 361 g/mol. The molecule has 2 aliphatic rings. The Balaban J connectivity index is 1.50. The zero-order valence-electron chi connectivity index (χ0n) is 15.4. The summed E-state index contributed by atoms with van der Waals surface area (Å²) in [6, 6.07) is 7.53. The fourth-order valence-electron chi connectivity index (χ4n) is 3.35. The first-order valence-electron chi connectivity index (χ1n) is 9.12. The number of rotatable bonds is 5. The molecule has 0 atom stereocenters. The number of amides is 2. The number of carbonyl (C=O) groups excluding carboxylic acids is 2. The van der Waals surface area contributed by atoms with Crippen LogP contribution in [0.3, 0.4) is 0 Å². The van der Waals surface area contributed by atoms with Gasteiger partial charge < -0.3 is 19.3 Å². The first-order valence-corrected chi connectivity index (χ1v) is 9.12. The van der Waals surface area contributed by atoms with Crippen molar-refractivity contribution in [3.63, 3.8) is 0 Å². The van der Waals surface area contributed by atoms with Gasteiger partial charge in [-0.15, -0.1) is 0 Å². The summed E-state index contributed by atoms with van der Waals surface area (Å²) in [5, 5.41) is 0. The smallest absolute Gasteiger partial charge is 0.253 e. The van der Waals surface area contributed by atoms with Crippen LogP contribution in [0.25, 0.3) is 0 Å². The standard InChI is InChI=1S/C19H27N3O4/c1-25-15-16-3-2-4-17(13-16)19(24)22-7-5-21(6-8-22)18(23)14-20-9-11-26-12-10-20/h2-4,13H,5-12,14-15H2,1H3. The van der Waals surface area contributed by atoms with Crippen molar-refractivity contribution in [1.82, 2.24) is 14.7 Å². The van der Waals surface area contributed by atoms with Crippen molar-refractivity contribution < 1.29 is 19.1 Å². The van der Waals surface area contributed by atoms with Crippen molar-refractivity contribution in [2.75, 3.05) is 66.1 Å². The highest BCUT2D eigenvalue weighted by Crippen LogP contribution is 2.12. The Bertz CT molecular complexity index is 623. The molecule has 2 amide bonds. The van der Waals surface area contributed by atoms with Crippen LogP contribution in [0, 0.1) is 0 Å². The summed E-state index contributed by atoms with van der Waals surface area (Å²) < 4.78 is 10.4. The predicted octanol–water partition coefficient (Wildman–Crippen LogP) is 0.450. The van der Waals surface area contributed by atoms with Gasteiger partial charge in [-0.3, -0.25) is 14.5 Å². The number of nitrogens with zero attached hydrogens (tertiary/aromatic N) is 3. The minimum Gasteiger partial charge on any atom is -0.380 e. The van der Waals surface area contributed by atoms with E-state index in [4.69, 9.17) is 9.47 Å². The van der Waals surface area contributed by atoms with Gasteiger partial charge in [-0.1, -0.05) is 12.1 Å². The molecule has 2 aliphatic heterocycles. The maximum atomic E-state index is 12.7. The zero-order chi connectivity index (χ0) is 18.4. The van der Waals surface area contributed by atoms with E-state index < -0.39 is 0 Å². The van der Waals surface area contributed by atoms with Gasteiger partial charge in [0.2, 0.25) is 5.91 Å². The summed E-state index contributed by atoms with van der Waals surface area (Å²) in [7, 11) is 1.64. The molecule has 0 unspecified atom stereocenters. The van der Waals surface area contributed by atoms with Crippen LogP contribution in [0.2, 0.25) is 0 Å². The highest BCUT2D eigenvalue weighted by atomic mass is 16.5. The van der Waals surface area contributed by atoms with Crippen molar-refractivity contribution in [3.05, 3.63) is 35.4 Å². The van der Waals surface area contributed by atoms with Crippen LogP contribution >= 0.6 is 0 Å². The Morgan fingerprint density at radius 2 is 1.73 bits per heavy atom. The van der Waals surface area contributed by atoms with Gasteiger partial charge in [-0.05, 0) is 17.7 Å². The third-order valence-electron chi connectivity index (χ3n) is 4.87. The van der Waals surface area contributed by atoms with Gasteiger partial charge in [-0.2, -0.15) is 0 Å². The third kappa shape index (κ3) is 4.81. The Morgan fingerprint density at radius 1 is 1.04 bits per heavy atom. The molecule has 7 nitrogen and oxygen atoms in total. The molecular formula is C19H27N3O4. The molecule has 26 heavy (non-hydrogen) atoms. The number of ether oxygens (including phenoxy) is 2. The molecule has 1 aromatic rings. The van der Waals surface area contributed by atoms with E-state index in [1.54, 1.807) is 7.11 Å². The van der Waals surface area contributed by atoms with Gasteiger partial charge in [0.15, 0.2) is 0 Å². The molecule has 7 heteroatoms. The van der Waals surface area contributed by atoms with Crippen molar-refractivity contribution in [2.45, 2.75) is 6.61 Å². The van der Waals surface area contributed by atoms with Crippen LogP contribution in [-0.4, -0.2) is 92.7 Å². The number of piperazine rings is 1. The molecular weight excluding hydrogens is 334 g/mol. The average Bonchev–Trinajstić information content (AvgIpc) is 2.69.